The summed E-state index contributed by atoms with van der Waals surface area (Å²) in [5.41, 5.74) is 1.85. The van der Waals surface area contributed by atoms with E-state index in [9.17, 15) is 4.79 Å². The molecule has 5 heteroatoms. The predicted molar refractivity (Wildman–Crippen MR) is 102 cm³/mol. The number of hydrogen-bond donors (Lipinski definition) is 2. The molecule has 2 N–H and O–H groups in total. The molecule has 1 aromatic heterocycles. The molecular formula is C21H21N3O2. The number of carbonyl (C=O) groups excluding carboxylic acids is 1. The predicted octanol–water partition coefficient (Wildman–Crippen LogP) is 3.50. The third-order valence-electron chi connectivity index (χ3n) is 4.55. The number of rotatable bonds is 5. The number of nitrogens with zero attached hydrogens (tertiary/aromatic N) is 1. The lowest BCUT2D eigenvalue weighted by Crippen LogP contribution is -2.35. The first kappa shape index (κ1) is 16.5. The number of ether oxygens (including phenoxy) is 1. The average Bonchev–Trinajstić information content (AvgIpc) is 3.22. The van der Waals surface area contributed by atoms with Crippen molar-refractivity contribution in [1.29, 1.82) is 0 Å². The SMILES string of the molecule is O=C(Nc1ccc2cccc(OCc3ccccc3)c2n1)C1CCCN1. The largest absolute Gasteiger partial charge is 0.487 e. The Labute approximate surface area is 152 Å². The molecule has 26 heavy (non-hydrogen) atoms. The number of fused-ring (bicyclic) bond motifs is 1. The number of carbonyl (C=O) groups is 1. The summed E-state index contributed by atoms with van der Waals surface area (Å²) in [4.78, 5) is 16.9. The fraction of sp³-hybridized carbons (Fsp3) is 0.238. The molecule has 1 unspecified atom stereocenters. The molecule has 132 valence electrons. The monoisotopic (exact) mass is 347 g/mol. The Morgan fingerprint density at radius 2 is 2.00 bits per heavy atom. The van der Waals surface area contributed by atoms with Gasteiger partial charge in [0.25, 0.3) is 0 Å². The van der Waals surface area contributed by atoms with Crippen molar-refractivity contribution in [2.24, 2.45) is 0 Å². The van der Waals surface area contributed by atoms with Gasteiger partial charge in [-0.2, -0.15) is 0 Å². The number of hydrogen-bond acceptors (Lipinski definition) is 4. The van der Waals surface area contributed by atoms with Crippen LogP contribution in [-0.2, 0) is 11.4 Å². The molecule has 3 aromatic rings. The maximum atomic E-state index is 12.3. The van der Waals surface area contributed by atoms with Gasteiger partial charge in [-0.25, -0.2) is 4.98 Å². The van der Waals surface area contributed by atoms with Crippen LogP contribution in [0.1, 0.15) is 18.4 Å². The highest BCUT2D eigenvalue weighted by atomic mass is 16.5. The number of pyridine rings is 1. The topological polar surface area (TPSA) is 63.2 Å². The molecule has 1 amide bonds. The lowest BCUT2D eigenvalue weighted by Gasteiger charge is -2.12. The fourth-order valence-electron chi connectivity index (χ4n) is 3.16. The Balaban J connectivity index is 1.54. The molecule has 0 spiro atoms. The average molecular weight is 347 g/mol. The molecule has 0 radical (unpaired) electrons. The van der Waals surface area contributed by atoms with Crippen molar-refractivity contribution in [1.82, 2.24) is 10.3 Å². The van der Waals surface area contributed by atoms with Gasteiger partial charge < -0.3 is 15.4 Å². The first-order chi connectivity index (χ1) is 12.8. The van der Waals surface area contributed by atoms with E-state index >= 15 is 0 Å². The van der Waals surface area contributed by atoms with Crippen LogP contribution in [0.5, 0.6) is 5.75 Å². The normalized spacial score (nSPS) is 16.5. The second kappa shape index (κ2) is 7.54. The van der Waals surface area contributed by atoms with Gasteiger partial charge in [0.2, 0.25) is 5.91 Å². The molecule has 5 nitrogen and oxygen atoms in total. The second-order valence-corrected chi connectivity index (χ2v) is 6.44. The van der Waals surface area contributed by atoms with E-state index in [0.29, 0.717) is 18.2 Å². The second-order valence-electron chi connectivity index (χ2n) is 6.44. The maximum absolute atomic E-state index is 12.3. The molecule has 1 saturated heterocycles. The van der Waals surface area contributed by atoms with Gasteiger partial charge in [0, 0.05) is 5.39 Å². The standard InChI is InChI=1S/C21H21N3O2/c25-21(17-9-5-13-22-17)24-19-12-11-16-8-4-10-18(20(16)23-19)26-14-15-6-2-1-3-7-15/h1-4,6-8,10-12,17,22H,5,9,13-14H2,(H,23,24,25). The molecular weight excluding hydrogens is 326 g/mol. The maximum Gasteiger partial charge on any atom is 0.242 e. The molecule has 1 fully saturated rings. The van der Waals surface area contributed by atoms with Crippen molar-refractivity contribution in [3.8, 4) is 5.75 Å². The number of aromatic nitrogens is 1. The smallest absolute Gasteiger partial charge is 0.242 e. The van der Waals surface area contributed by atoms with Crippen molar-refractivity contribution < 1.29 is 9.53 Å². The highest BCUT2D eigenvalue weighted by Crippen LogP contribution is 2.26. The van der Waals surface area contributed by atoms with Gasteiger partial charge in [-0.1, -0.05) is 42.5 Å². The van der Waals surface area contributed by atoms with E-state index in [1.165, 1.54) is 0 Å². The minimum Gasteiger partial charge on any atom is -0.487 e. The third kappa shape index (κ3) is 3.68. The molecule has 1 aliphatic rings. The molecule has 2 aromatic carbocycles. The quantitative estimate of drug-likeness (QED) is 0.741. The summed E-state index contributed by atoms with van der Waals surface area (Å²) in [5.74, 6) is 1.23. The van der Waals surface area contributed by atoms with Gasteiger partial charge in [-0.15, -0.1) is 0 Å². The number of para-hydroxylation sites is 1. The van der Waals surface area contributed by atoms with E-state index in [2.05, 4.69) is 15.6 Å². The Morgan fingerprint density at radius 1 is 1.12 bits per heavy atom. The summed E-state index contributed by atoms with van der Waals surface area (Å²) in [6.07, 6.45) is 1.89. The summed E-state index contributed by atoms with van der Waals surface area (Å²) in [5, 5.41) is 7.09. The zero-order valence-electron chi connectivity index (χ0n) is 14.4. The van der Waals surface area contributed by atoms with Gasteiger partial charge in [0.15, 0.2) is 0 Å². The minimum atomic E-state index is -0.128. The highest BCUT2D eigenvalue weighted by molar-refractivity contribution is 5.95. The van der Waals surface area contributed by atoms with Crippen LogP contribution in [0.25, 0.3) is 10.9 Å². The molecule has 2 heterocycles. The van der Waals surface area contributed by atoms with E-state index in [-0.39, 0.29) is 11.9 Å². The molecule has 1 atom stereocenters. The number of anilines is 1. The van der Waals surface area contributed by atoms with Crippen LogP contribution in [0.4, 0.5) is 5.82 Å². The summed E-state index contributed by atoms with van der Waals surface area (Å²) >= 11 is 0. The van der Waals surface area contributed by atoms with Crippen LogP contribution in [0.15, 0.2) is 60.7 Å². The fourth-order valence-corrected chi connectivity index (χ4v) is 3.16. The van der Waals surface area contributed by atoms with Crippen molar-refractivity contribution in [3.63, 3.8) is 0 Å². The first-order valence-corrected chi connectivity index (χ1v) is 8.90. The van der Waals surface area contributed by atoms with Crippen molar-refractivity contribution in [2.45, 2.75) is 25.5 Å². The van der Waals surface area contributed by atoms with Crippen molar-refractivity contribution in [2.75, 3.05) is 11.9 Å². The molecule has 1 aliphatic heterocycles. The van der Waals surface area contributed by atoms with Crippen LogP contribution in [-0.4, -0.2) is 23.5 Å². The van der Waals surface area contributed by atoms with Crippen LogP contribution < -0.4 is 15.4 Å². The first-order valence-electron chi connectivity index (χ1n) is 8.90. The molecule has 0 bridgehead atoms. The van der Waals surface area contributed by atoms with E-state index in [1.807, 2.05) is 60.7 Å². The van der Waals surface area contributed by atoms with Crippen LogP contribution in [0, 0.1) is 0 Å². The minimum absolute atomic E-state index is 0.0305. The van der Waals surface area contributed by atoms with Crippen molar-refractivity contribution in [3.05, 3.63) is 66.2 Å². The molecule has 0 saturated carbocycles. The van der Waals surface area contributed by atoms with Crippen LogP contribution in [0.3, 0.4) is 0 Å². The Morgan fingerprint density at radius 3 is 2.81 bits per heavy atom. The zero-order chi connectivity index (χ0) is 17.8. The molecule has 4 rings (SSSR count). The van der Waals surface area contributed by atoms with Gasteiger partial charge in [0.05, 0.1) is 6.04 Å². The van der Waals surface area contributed by atoms with Gasteiger partial charge in [-0.3, -0.25) is 4.79 Å². The Bertz CT molecular complexity index is 906. The lowest BCUT2D eigenvalue weighted by molar-refractivity contribution is -0.117. The number of nitrogens with one attached hydrogen (secondary N) is 2. The van der Waals surface area contributed by atoms with E-state index in [1.54, 1.807) is 0 Å². The van der Waals surface area contributed by atoms with Gasteiger partial charge in [-0.05, 0) is 43.1 Å². The van der Waals surface area contributed by atoms with E-state index in [0.717, 1.165) is 35.9 Å². The summed E-state index contributed by atoms with van der Waals surface area (Å²) in [6, 6.07) is 19.5. The van der Waals surface area contributed by atoms with Crippen molar-refractivity contribution >= 4 is 22.6 Å². The lowest BCUT2D eigenvalue weighted by atomic mass is 10.2. The van der Waals surface area contributed by atoms with Crippen LogP contribution >= 0.6 is 0 Å². The molecule has 0 aliphatic carbocycles. The number of amides is 1. The summed E-state index contributed by atoms with van der Waals surface area (Å²) in [6.45, 7) is 1.37. The third-order valence-corrected chi connectivity index (χ3v) is 4.55. The Hall–Kier alpha value is -2.92. The van der Waals surface area contributed by atoms with Gasteiger partial charge >= 0.3 is 0 Å². The summed E-state index contributed by atoms with van der Waals surface area (Å²) in [7, 11) is 0. The van der Waals surface area contributed by atoms with Gasteiger partial charge in [0.1, 0.15) is 23.7 Å². The zero-order valence-corrected chi connectivity index (χ0v) is 14.4. The van der Waals surface area contributed by atoms with E-state index < -0.39 is 0 Å². The Kier molecular flexibility index (Phi) is 4.80. The highest BCUT2D eigenvalue weighted by Gasteiger charge is 2.22. The summed E-state index contributed by atoms with van der Waals surface area (Å²) < 4.78 is 5.98. The van der Waals surface area contributed by atoms with E-state index in [4.69, 9.17) is 4.74 Å². The number of benzene rings is 2. The van der Waals surface area contributed by atoms with Crippen LogP contribution in [0.2, 0.25) is 0 Å².